The molecule has 0 unspecified atom stereocenters. The van der Waals surface area contributed by atoms with Crippen molar-refractivity contribution in [1.82, 2.24) is 9.80 Å². The van der Waals surface area contributed by atoms with Gasteiger partial charge in [-0.2, -0.15) is 0 Å². The van der Waals surface area contributed by atoms with Crippen LogP contribution in [0.25, 0.3) is 0 Å². The molecule has 3 nitrogen and oxygen atoms in total. The van der Waals surface area contributed by atoms with Gasteiger partial charge in [0.1, 0.15) is 0 Å². The van der Waals surface area contributed by atoms with Crippen LogP contribution in [0.15, 0.2) is 18.2 Å². The summed E-state index contributed by atoms with van der Waals surface area (Å²) in [6.45, 7) is 15.5. The molecule has 116 valence electrons. The third-order valence-electron chi connectivity index (χ3n) is 4.52. The third-order valence-corrected chi connectivity index (χ3v) is 4.52. The van der Waals surface area contributed by atoms with Gasteiger partial charge in [-0.15, -0.1) is 0 Å². The lowest BCUT2D eigenvalue weighted by Gasteiger charge is -2.42. The minimum absolute atomic E-state index is 0.226. The molecule has 0 aromatic heterocycles. The van der Waals surface area contributed by atoms with Crippen LogP contribution in [0, 0.1) is 13.8 Å². The molecule has 0 spiro atoms. The van der Waals surface area contributed by atoms with E-state index in [1.54, 1.807) is 0 Å². The summed E-state index contributed by atoms with van der Waals surface area (Å²) in [7, 11) is 0. The van der Waals surface area contributed by atoms with Gasteiger partial charge in [0.05, 0.1) is 6.54 Å². The van der Waals surface area contributed by atoms with Crippen molar-refractivity contribution in [3.8, 4) is 0 Å². The molecule has 21 heavy (non-hydrogen) atoms. The minimum atomic E-state index is 0.226. The van der Waals surface area contributed by atoms with Gasteiger partial charge in [0, 0.05) is 37.3 Å². The number of carbonyl (C=O) groups is 1. The lowest BCUT2D eigenvalue weighted by atomic mass is 10.0. The highest BCUT2D eigenvalue weighted by Gasteiger charge is 2.26. The SMILES string of the molecule is Cc1ccc(C(=O)CN2CCN(C(C)(C)C)CC2)cc1C. The lowest BCUT2D eigenvalue weighted by molar-refractivity contribution is 0.0579. The zero-order chi connectivity index (χ0) is 15.6. The van der Waals surface area contributed by atoms with Crippen LogP contribution in [-0.2, 0) is 0 Å². The largest absolute Gasteiger partial charge is 0.296 e. The fourth-order valence-electron chi connectivity index (χ4n) is 2.79. The zero-order valence-corrected chi connectivity index (χ0v) is 14.1. The van der Waals surface area contributed by atoms with Gasteiger partial charge < -0.3 is 0 Å². The fraction of sp³-hybridized carbons (Fsp3) is 0.611. The Bertz CT molecular complexity index is 508. The molecule has 0 amide bonds. The summed E-state index contributed by atoms with van der Waals surface area (Å²) in [6.07, 6.45) is 0. The summed E-state index contributed by atoms with van der Waals surface area (Å²) >= 11 is 0. The molecule has 1 aromatic rings. The van der Waals surface area contributed by atoms with E-state index < -0.39 is 0 Å². The zero-order valence-electron chi connectivity index (χ0n) is 14.1. The number of hydrogen-bond acceptors (Lipinski definition) is 3. The maximum Gasteiger partial charge on any atom is 0.176 e. The number of rotatable bonds is 3. The minimum Gasteiger partial charge on any atom is -0.296 e. The number of hydrogen-bond donors (Lipinski definition) is 0. The van der Waals surface area contributed by atoms with Crippen molar-refractivity contribution < 1.29 is 4.79 Å². The predicted octanol–water partition coefficient (Wildman–Crippen LogP) is 2.90. The Labute approximate surface area is 128 Å². The Balaban J connectivity index is 1.91. The molecule has 1 saturated heterocycles. The van der Waals surface area contributed by atoms with E-state index in [-0.39, 0.29) is 11.3 Å². The van der Waals surface area contributed by atoms with Crippen molar-refractivity contribution >= 4 is 5.78 Å². The predicted molar refractivity (Wildman–Crippen MR) is 88.0 cm³/mol. The molecule has 0 N–H and O–H groups in total. The highest BCUT2D eigenvalue weighted by molar-refractivity contribution is 5.97. The van der Waals surface area contributed by atoms with Crippen LogP contribution < -0.4 is 0 Å². The van der Waals surface area contributed by atoms with E-state index in [1.807, 2.05) is 18.2 Å². The number of ketones is 1. The number of carbonyl (C=O) groups excluding carboxylic acids is 1. The smallest absolute Gasteiger partial charge is 0.176 e. The van der Waals surface area contributed by atoms with E-state index in [0.717, 1.165) is 31.7 Å². The highest BCUT2D eigenvalue weighted by Crippen LogP contribution is 2.16. The summed E-state index contributed by atoms with van der Waals surface area (Å²) in [5, 5.41) is 0. The van der Waals surface area contributed by atoms with Crippen molar-refractivity contribution in [1.29, 1.82) is 0 Å². The molecule has 3 heteroatoms. The van der Waals surface area contributed by atoms with E-state index >= 15 is 0 Å². The lowest BCUT2D eigenvalue weighted by Crippen LogP contribution is -2.54. The summed E-state index contributed by atoms with van der Waals surface area (Å²) in [5.41, 5.74) is 3.50. The van der Waals surface area contributed by atoms with Crippen molar-refractivity contribution in [2.45, 2.75) is 40.2 Å². The van der Waals surface area contributed by atoms with E-state index in [1.165, 1.54) is 11.1 Å². The Morgan fingerprint density at radius 2 is 1.67 bits per heavy atom. The van der Waals surface area contributed by atoms with Gasteiger partial charge in [-0.3, -0.25) is 14.6 Å². The standard InChI is InChI=1S/C18H28N2O/c1-14-6-7-16(12-15(14)2)17(21)13-19-8-10-20(11-9-19)18(3,4)5/h6-7,12H,8-11,13H2,1-5H3. The number of nitrogens with zero attached hydrogens (tertiary/aromatic N) is 2. The monoisotopic (exact) mass is 288 g/mol. The maximum atomic E-state index is 12.4. The molecule has 1 heterocycles. The number of aryl methyl sites for hydroxylation is 2. The number of Topliss-reactive ketones (excluding diaryl/α,β-unsaturated/α-hetero) is 1. The van der Waals surface area contributed by atoms with Crippen LogP contribution >= 0.6 is 0 Å². The molecule has 0 bridgehead atoms. The second kappa shape index (κ2) is 6.29. The van der Waals surface area contributed by atoms with Gasteiger partial charge in [-0.25, -0.2) is 0 Å². The quantitative estimate of drug-likeness (QED) is 0.799. The molecule has 2 rings (SSSR count). The Hall–Kier alpha value is -1.19. The first-order valence-electron chi connectivity index (χ1n) is 7.85. The molecule has 1 aliphatic rings. The Morgan fingerprint density at radius 1 is 1.05 bits per heavy atom. The van der Waals surface area contributed by atoms with Crippen LogP contribution in [0.3, 0.4) is 0 Å². The van der Waals surface area contributed by atoms with Crippen LogP contribution in [0.4, 0.5) is 0 Å². The molecular formula is C18H28N2O. The van der Waals surface area contributed by atoms with Crippen molar-refractivity contribution in [3.05, 3.63) is 34.9 Å². The number of benzene rings is 1. The van der Waals surface area contributed by atoms with Crippen molar-refractivity contribution in [2.75, 3.05) is 32.7 Å². The molecule has 1 aliphatic heterocycles. The molecule has 0 radical (unpaired) electrons. The van der Waals surface area contributed by atoms with Gasteiger partial charge in [-0.05, 0) is 51.8 Å². The molecular weight excluding hydrogens is 260 g/mol. The normalized spacial score (nSPS) is 18.0. The Morgan fingerprint density at radius 3 is 2.19 bits per heavy atom. The third kappa shape index (κ3) is 4.14. The first-order valence-corrected chi connectivity index (χ1v) is 7.85. The van der Waals surface area contributed by atoms with Crippen LogP contribution in [0.5, 0.6) is 0 Å². The van der Waals surface area contributed by atoms with Gasteiger partial charge in [-0.1, -0.05) is 12.1 Å². The van der Waals surface area contributed by atoms with E-state index in [4.69, 9.17) is 0 Å². The van der Waals surface area contributed by atoms with Crippen LogP contribution in [-0.4, -0.2) is 53.8 Å². The summed E-state index contributed by atoms with van der Waals surface area (Å²) in [6, 6.07) is 6.01. The topological polar surface area (TPSA) is 23.6 Å². The van der Waals surface area contributed by atoms with Gasteiger partial charge in [0.15, 0.2) is 5.78 Å². The molecule has 0 atom stereocenters. The van der Waals surface area contributed by atoms with Gasteiger partial charge in [0.25, 0.3) is 0 Å². The van der Waals surface area contributed by atoms with Gasteiger partial charge in [0.2, 0.25) is 0 Å². The van der Waals surface area contributed by atoms with Crippen LogP contribution in [0.1, 0.15) is 42.3 Å². The fourth-order valence-corrected chi connectivity index (χ4v) is 2.79. The van der Waals surface area contributed by atoms with Crippen LogP contribution in [0.2, 0.25) is 0 Å². The van der Waals surface area contributed by atoms with Crippen molar-refractivity contribution in [2.24, 2.45) is 0 Å². The molecule has 1 aromatic carbocycles. The summed E-state index contributed by atoms with van der Waals surface area (Å²) in [4.78, 5) is 17.2. The highest BCUT2D eigenvalue weighted by atomic mass is 16.1. The summed E-state index contributed by atoms with van der Waals surface area (Å²) < 4.78 is 0. The molecule has 0 aliphatic carbocycles. The van der Waals surface area contributed by atoms with E-state index in [0.29, 0.717) is 6.54 Å². The van der Waals surface area contributed by atoms with Crippen molar-refractivity contribution in [3.63, 3.8) is 0 Å². The number of piperazine rings is 1. The van der Waals surface area contributed by atoms with E-state index in [2.05, 4.69) is 44.4 Å². The second-order valence-corrected chi connectivity index (χ2v) is 7.16. The molecule has 1 fully saturated rings. The first kappa shape index (κ1) is 16.2. The average Bonchev–Trinajstić information content (AvgIpc) is 2.41. The second-order valence-electron chi connectivity index (χ2n) is 7.16. The summed E-state index contributed by atoms with van der Waals surface area (Å²) in [5.74, 6) is 0.238. The maximum absolute atomic E-state index is 12.4. The van der Waals surface area contributed by atoms with E-state index in [9.17, 15) is 4.79 Å². The first-order chi connectivity index (χ1) is 9.77. The Kier molecular flexibility index (Phi) is 4.84. The molecule has 0 saturated carbocycles. The van der Waals surface area contributed by atoms with Gasteiger partial charge >= 0.3 is 0 Å². The average molecular weight is 288 g/mol.